The Morgan fingerprint density at radius 1 is 1.20 bits per heavy atom. The Bertz CT molecular complexity index is 592. The van der Waals surface area contributed by atoms with Crippen LogP contribution >= 0.6 is 0 Å². The third kappa shape index (κ3) is 2.93. The minimum atomic E-state index is 1.00. The number of benzene rings is 1. The monoisotopic (exact) mass is 264 g/mol. The van der Waals surface area contributed by atoms with Crippen LogP contribution in [0.2, 0.25) is 0 Å². The van der Waals surface area contributed by atoms with E-state index in [2.05, 4.69) is 55.0 Å². The van der Waals surface area contributed by atoms with Crippen LogP contribution in [-0.4, -0.2) is 24.3 Å². The number of hydrogen-bond donors (Lipinski definition) is 0. The minimum Gasteiger partial charge on any atom is -0.294 e. The van der Waals surface area contributed by atoms with E-state index in [1.807, 2.05) is 6.20 Å². The molecule has 0 amide bonds. The molecule has 0 fully saturated rings. The van der Waals surface area contributed by atoms with Crippen molar-refractivity contribution in [3.05, 3.63) is 58.9 Å². The molecule has 0 aliphatic carbocycles. The number of aromatic nitrogens is 1. The lowest BCUT2D eigenvalue weighted by molar-refractivity contribution is 0.245. The highest BCUT2D eigenvalue weighted by Crippen LogP contribution is 2.19. The predicted octanol–water partition coefficient (Wildman–Crippen LogP) is 1.46. The zero-order chi connectivity index (χ0) is 13.9. The molecule has 0 saturated heterocycles. The quantitative estimate of drug-likeness (QED) is 0.780. The third-order valence-electron chi connectivity index (χ3n) is 4.11. The maximum atomic E-state index is 4.49. The molecule has 2 nitrogen and oxygen atoms in total. The fraction of sp³-hybridized carbons (Fsp3) is 0.353. The molecule has 0 spiro atoms. The summed E-state index contributed by atoms with van der Waals surface area (Å²) in [4.78, 5) is 7.01. The van der Waals surface area contributed by atoms with Gasteiger partial charge in [-0.1, -0.05) is 36.7 Å². The summed E-state index contributed by atoms with van der Waals surface area (Å²) in [6.45, 7) is 5.36. The molecule has 1 aromatic heterocycles. The van der Waals surface area contributed by atoms with Gasteiger partial charge in [0.25, 0.3) is 0 Å². The first-order chi connectivity index (χ1) is 9.74. The summed E-state index contributed by atoms with van der Waals surface area (Å²) in [5, 5.41) is 0. The zero-order valence-corrected chi connectivity index (χ0v) is 12.4. The minimum absolute atomic E-state index is 1.00. The number of aryl methyl sites for hydroxylation is 1. The van der Waals surface area contributed by atoms with Gasteiger partial charge in [0, 0.05) is 31.5 Å². The molecule has 3 rings (SSSR count). The second-order valence-corrected chi connectivity index (χ2v) is 5.74. The van der Waals surface area contributed by atoms with Crippen molar-refractivity contribution in [1.82, 2.24) is 9.88 Å². The van der Waals surface area contributed by atoms with E-state index in [1.165, 1.54) is 27.8 Å². The summed E-state index contributed by atoms with van der Waals surface area (Å²) in [5.74, 6) is 0. The normalized spacial score (nSPS) is 15.1. The molecule has 0 unspecified atom stereocenters. The predicted molar refractivity (Wildman–Crippen MR) is 86.1 cm³/mol. The average molecular weight is 264 g/mol. The Balaban J connectivity index is 1.70. The smallest absolute Gasteiger partial charge is 0.139 e. The van der Waals surface area contributed by atoms with Gasteiger partial charge in [0.15, 0.2) is 0 Å². The Hall–Kier alpha value is -1.61. The van der Waals surface area contributed by atoms with Crippen molar-refractivity contribution >= 4 is 13.3 Å². The number of fused-ring (bicyclic) bond motifs is 1. The van der Waals surface area contributed by atoms with E-state index in [0.717, 1.165) is 32.5 Å². The lowest BCUT2D eigenvalue weighted by Crippen LogP contribution is -2.30. The van der Waals surface area contributed by atoms with E-state index in [0.29, 0.717) is 0 Å². The first kappa shape index (κ1) is 13.4. The standard InChI is InChI=1S/C17H21BN2/c1-2-17-6-3-13(10-19-17)11-20-8-7-14-4-5-16(18)9-15(14)12-20/h3-6,9-10H,2,7-8,11-12,18H2,1H3. The fourth-order valence-electron chi connectivity index (χ4n) is 2.90. The largest absolute Gasteiger partial charge is 0.294 e. The van der Waals surface area contributed by atoms with Crippen molar-refractivity contribution < 1.29 is 0 Å². The van der Waals surface area contributed by atoms with Crippen LogP contribution in [0.1, 0.15) is 29.3 Å². The van der Waals surface area contributed by atoms with Crippen LogP contribution < -0.4 is 5.46 Å². The molecular weight excluding hydrogens is 243 g/mol. The van der Waals surface area contributed by atoms with Crippen LogP contribution in [0.15, 0.2) is 36.5 Å². The average Bonchev–Trinajstić information content (AvgIpc) is 2.47. The van der Waals surface area contributed by atoms with Crippen LogP contribution in [0.4, 0.5) is 0 Å². The molecule has 3 heteroatoms. The molecule has 2 heterocycles. The molecule has 0 bridgehead atoms. The highest BCUT2D eigenvalue weighted by atomic mass is 15.1. The zero-order valence-electron chi connectivity index (χ0n) is 12.4. The van der Waals surface area contributed by atoms with Crippen molar-refractivity contribution in [3.63, 3.8) is 0 Å². The Labute approximate surface area is 122 Å². The van der Waals surface area contributed by atoms with Crippen molar-refractivity contribution in [1.29, 1.82) is 0 Å². The molecule has 0 atom stereocenters. The van der Waals surface area contributed by atoms with Crippen LogP contribution in [0.3, 0.4) is 0 Å². The first-order valence-electron chi connectivity index (χ1n) is 7.49. The van der Waals surface area contributed by atoms with Crippen molar-refractivity contribution in [2.24, 2.45) is 0 Å². The lowest BCUT2D eigenvalue weighted by atomic mass is 9.89. The summed E-state index contributed by atoms with van der Waals surface area (Å²) in [7, 11) is 2.17. The highest BCUT2D eigenvalue weighted by Gasteiger charge is 2.16. The first-order valence-corrected chi connectivity index (χ1v) is 7.49. The molecule has 1 aromatic carbocycles. The number of rotatable bonds is 3. The number of hydrogen-bond acceptors (Lipinski definition) is 2. The van der Waals surface area contributed by atoms with E-state index in [1.54, 1.807) is 0 Å². The van der Waals surface area contributed by atoms with E-state index >= 15 is 0 Å². The summed E-state index contributed by atoms with van der Waals surface area (Å²) < 4.78 is 0. The van der Waals surface area contributed by atoms with Crippen LogP contribution in [0, 0.1) is 0 Å². The topological polar surface area (TPSA) is 16.1 Å². The van der Waals surface area contributed by atoms with Gasteiger partial charge < -0.3 is 0 Å². The molecule has 2 aromatic rings. The maximum absolute atomic E-state index is 4.49. The van der Waals surface area contributed by atoms with E-state index in [9.17, 15) is 0 Å². The molecule has 0 radical (unpaired) electrons. The Morgan fingerprint density at radius 3 is 2.85 bits per heavy atom. The molecule has 1 aliphatic rings. The van der Waals surface area contributed by atoms with Crippen LogP contribution in [-0.2, 0) is 25.9 Å². The van der Waals surface area contributed by atoms with Gasteiger partial charge in [0.05, 0.1) is 0 Å². The molecule has 102 valence electrons. The summed E-state index contributed by atoms with van der Waals surface area (Å²) in [6.07, 6.45) is 4.21. The second kappa shape index (κ2) is 5.80. The summed E-state index contributed by atoms with van der Waals surface area (Å²) >= 11 is 0. The van der Waals surface area contributed by atoms with Gasteiger partial charge in [0.1, 0.15) is 7.85 Å². The maximum Gasteiger partial charge on any atom is 0.139 e. The number of pyridine rings is 1. The lowest BCUT2D eigenvalue weighted by Gasteiger charge is -2.29. The molecule has 0 N–H and O–H groups in total. The fourth-order valence-corrected chi connectivity index (χ4v) is 2.90. The van der Waals surface area contributed by atoms with E-state index < -0.39 is 0 Å². The van der Waals surface area contributed by atoms with Crippen molar-refractivity contribution in [2.75, 3.05) is 6.54 Å². The molecule has 0 saturated carbocycles. The van der Waals surface area contributed by atoms with E-state index in [-0.39, 0.29) is 0 Å². The van der Waals surface area contributed by atoms with Gasteiger partial charge in [-0.05, 0) is 35.6 Å². The van der Waals surface area contributed by atoms with Crippen LogP contribution in [0.5, 0.6) is 0 Å². The van der Waals surface area contributed by atoms with Gasteiger partial charge in [-0.25, -0.2) is 0 Å². The van der Waals surface area contributed by atoms with Gasteiger partial charge in [-0.3, -0.25) is 9.88 Å². The van der Waals surface area contributed by atoms with Gasteiger partial charge in [-0.15, -0.1) is 0 Å². The summed E-state index contributed by atoms with van der Waals surface area (Å²) in [5.41, 5.74) is 6.87. The number of nitrogens with zero attached hydrogens (tertiary/aromatic N) is 2. The molecule has 1 aliphatic heterocycles. The van der Waals surface area contributed by atoms with Gasteiger partial charge in [-0.2, -0.15) is 0 Å². The van der Waals surface area contributed by atoms with E-state index in [4.69, 9.17) is 0 Å². The van der Waals surface area contributed by atoms with Crippen LogP contribution in [0.25, 0.3) is 0 Å². The van der Waals surface area contributed by atoms with Gasteiger partial charge in [0.2, 0.25) is 0 Å². The summed E-state index contributed by atoms with van der Waals surface area (Å²) in [6, 6.07) is 11.2. The molecule has 20 heavy (non-hydrogen) atoms. The highest BCUT2D eigenvalue weighted by molar-refractivity contribution is 6.32. The SMILES string of the molecule is Bc1ccc2c(c1)CN(Cc1ccc(CC)nc1)CC2. The molecular formula is C17H21BN2. The van der Waals surface area contributed by atoms with Crippen molar-refractivity contribution in [2.45, 2.75) is 32.9 Å². The third-order valence-corrected chi connectivity index (χ3v) is 4.11. The Morgan fingerprint density at radius 2 is 2.10 bits per heavy atom. The van der Waals surface area contributed by atoms with Gasteiger partial charge >= 0.3 is 0 Å². The Kier molecular flexibility index (Phi) is 3.88. The second-order valence-electron chi connectivity index (χ2n) is 5.74. The van der Waals surface area contributed by atoms with Crippen molar-refractivity contribution in [3.8, 4) is 0 Å².